The zero-order chi connectivity index (χ0) is 16.4. The van der Waals surface area contributed by atoms with Gasteiger partial charge < -0.3 is 9.64 Å². The molecule has 0 N–H and O–H groups in total. The molecule has 23 heavy (non-hydrogen) atoms. The van der Waals surface area contributed by atoms with Gasteiger partial charge in [-0.2, -0.15) is 5.10 Å². The van der Waals surface area contributed by atoms with Gasteiger partial charge >= 0.3 is 0 Å². The van der Waals surface area contributed by atoms with Crippen LogP contribution in [0, 0.1) is 19.8 Å². The lowest BCUT2D eigenvalue weighted by Crippen LogP contribution is -2.35. The number of ether oxygens (including phenoxy) is 1. The maximum absolute atomic E-state index is 12.9. The third-order valence-corrected chi connectivity index (χ3v) is 5.17. The van der Waals surface area contributed by atoms with E-state index in [4.69, 9.17) is 4.74 Å². The standard InChI is InChI=1S/C16H22N4O2S/c1-11-14(12(2)19(3)18-11)8-20(9-15-17-5-7-23-15)16(21)13-4-6-22-10-13/h5,7,13H,4,6,8-10H2,1-3H3/t13-/m1/s1. The Balaban J connectivity index is 1.83. The first-order valence-electron chi connectivity index (χ1n) is 7.80. The van der Waals surface area contributed by atoms with Gasteiger partial charge in [0.1, 0.15) is 5.01 Å². The number of carbonyl (C=O) groups is 1. The van der Waals surface area contributed by atoms with Crippen LogP contribution in [0.2, 0.25) is 0 Å². The predicted octanol–water partition coefficient (Wildman–Crippen LogP) is 2.06. The lowest BCUT2D eigenvalue weighted by Gasteiger charge is -2.24. The highest BCUT2D eigenvalue weighted by atomic mass is 32.1. The van der Waals surface area contributed by atoms with E-state index in [0.29, 0.717) is 26.3 Å². The maximum Gasteiger partial charge on any atom is 0.228 e. The van der Waals surface area contributed by atoms with E-state index in [1.807, 2.05) is 35.9 Å². The van der Waals surface area contributed by atoms with Crippen molar-refractivity contribution >= 4 is 17.2 Å². The SMILES string of the molecule is Cc1nn(C)c(C)c1CN(Cc1nccs1)C(=O)[C@@H]1CCOC1. The first kappa shape index (κ1) is 16.1. The van der Waals surface area contributed by atoms with Crippen LogP contribution in [0.5, 0.6) is 0 Å². The van der Waals surface area contributed by atoms with Crippen molar-refractivity contribution in [3.63, 3.8) is 0 Å². The second kappa shape index (κ2) is 6.80. The second-order valence-corrected chi connectivity index (χ2v) is 6.93. The van der Waals surface area contributed by atoms with Gasteiger partial charge in [0.25, 0.3) is 0 Å². The summed E-state index contributed by atoms with van der Waals surface area (Å²) < 4.78 is 7.26. The molecule has 124 valence electrons. The minimum absolute atomic E-state index is 0.0350. The predicted molar refractivity (Wildman–Crippen MR) is 88.0 cm³/mol. The van der Waals surface area contributed by atoms with Crippen LogP contribution >= 0.6 is 11.3 Å². The summed E-state index contributed by atoms with van der Waals surface area (Å²) >= 11 is 1.58. The molecule has 1 fully saturated rings. The summed E-state index contributed by atoms with van der Waals surface area (Å²) in [6.07, 6.45) is 2.58. The molecule has 1 saturated heterocycles. The van der Waals surface area contributed by atoms with Crippen molar-refractivity contribution in [2.24, 2.45) is 13.0 Å². The quantitative estimate of drug-likeness (QED) is 0.840. The van der Waals surface area contributed by atoms with Crippen LogP contribution in [0.1, 0.15) is 28.4 Å². The number of thiazole rings is 1. The van der Waals surface area contributed by atoms with Crippen LogP contribution < -0.4 is 0 Å². The molecular weight excluding hydrogens is 312 g/mol. The molecule has 6 nitrogen and oxygen atoms in total. The van der Waals surface area contributed by atoms with Crippen molar-refractivity contribution in [2.45, 2.75) is 33.4 Å². The van der Waals surface area contributed by atoms with E-state index in [1.54, 1.807) is 17.5 Å². The van der Waals surface area contributed by atoms with E-state index in [-0.39, 0.29) is 11.8 Å². The fraction of sp³-hybridized carbons (Fsp3) is 0.562. The van der Waals surface area contributed by atoms with Crippen molar-refractivity contribution < 1.29 is 9.53 Å². The van der Waals surface area contributed by atoms with Crippen LogP contribution in [-0.4, -0.2) is 38.8 Å². The highest BCUT2D eigenvalue weighted by molar-refractivity contribution is 7.09. The normalized spacial score (nSPS) is 17.6. The molecule has 3 heterocycles. The summed E-state index contributed by atoms with van der Waals surface area (Å²) in [4.78, 5) is 19.1. The molecule has 0 bridgehead atoms. The number of nitrogens with zero attached hydrogens (tertiary/aromatic N) is 4. The topological polar surface area (TPSA) is 60.2 Å². The molecule has 1 amide bonds. The van der Waals surface area contributed by atoms with Gasteiger partial charge in [-0.3, -0.25) is 9.48 Å². The first-order valence-corrected chi connectivity index (χ1v) is 8.68. The average molecular weight is 334 g/mol. The van der Waals surface area contributed by atoms with Gasteiger partial charge in [0, 0.05) is 43.0 Å². The van der Waals surface area contributed by atoms with E-state index < -0.39 is 0 Å². The second-order valence-electron chi connectivity index (χ2n) is 5.95. The van der Waals surface area contributed by atoms with Crippen molar-refractivity contribution in [1.29, 1.82) is 0 Å². The van der Waals surface area contributed by atoms with Crippen LogP contribution in [0.4, 0.5) is 0 Å². The van der Waals surface area contributed by atoms with E-state index in [9.17, 15) is 4.79 Å². The fourth-order valence-corrected chi connectivity index (χ4v) is 3.56. The summed E-state index contributed by atoms with van der Waals surface area (Å²) in [6.45, 7) is 6.35. The van der Waals surface area contributed by atoms with Gasteiger partial charge in [-0.15, -0.1) is 11.3 Å². The molecular formula is C16H22N4O2S. The molecule has 0 radical (unpaired) electrons. The Kier molecular flexibility index (Phi) is 4.77. The molecule has 3 rings (SSSR count). The summed E-state index contributed by atoms with van der Waals surface area (Å²) in [5.74, 6) is 0.118. The van der Waals surface area contributed by atoms with Gasteiger partial charge in [-0.1, -0.05) is 0 Å². The summed E-state index contributed by atoms with van der Waals surface area (Å²) in [6, 6.07) is 0. The highest BCUT2D eigenvalue weighted by Gasteiger charge is 2.29. The Bertz CT molecular complexity index is 675. The number of rotatable bonds is 5. The molecule has 2 aromatic heterocycles. The number of hydrogen-bond donors (Lipinski definition) is 0. The number of aromatic nitrogens is 3. The largest absolute Gasteiger partial charge is 0.381 e. The smallest absolute Gasteiger partial charge is 0.228 e. The molecule has 0 unspecified atom stereocenters. The third kappa shape index (κ3) is 3.45. The Morgan fingerprint density at radius 2 is 2.30 bits per heavy atom. The first-order chi connectivity index (χ1) is 11.1. The Morgan fingerprint density at radius 1 is 1.48 bits per heavy atom. The average Bonchev–Trinajstić information content (AvgIpc) is 3.25. The van der Waals surface area contributed by atoms with Gasteiger partial charge in [-0.05, 0) is 20.3 Å². The van der Waals surface area contributed by atoms with Gasteiger partial charge in [-0.25, -0.2) is 4.98 Å². The number of hydrogen-bond acceptors (Lipinski definition) is 5. The number of carbonyl (C=O) groups excluding carboxylic acids is 1. The summed E-state index contributed by atoms with van der Waals surface area (Å²) in [5.41, 5.74) is 3.20. The summed E-state index contributed by atoms with van der Waals surface area (Å²) in [7, 11) is 1.93. The molecule has 1 atom stereocenters. The zero-order valence-corrected chi connectivity index (χ0v) is 14.6. The lowest BCUT2D eigenvalue weighted by atomic mass is 10.1. The van der Waals surface area contributed by atoms with E-state index in [1.165, 1.54) is 0 Å². The number of amides is 1. The zero-order valence-electron chi connectivity index (χ0n) is 13.8. The number of aryl methyl sites for hydroxylation is 2. The fourth-order valence-electron chi connectivity index (χ4n) is 2.93. The molecule has 0 aliphatic carbocycles. The monoisotopic (exact) mass is 334 g/mol. The Hall–Kier alpha value is -1.73. The maximum atomic E-state index is 12.9. The van der Waals surface area contributed by atoms with E-state index in [2.05, 4.69) is 10.1 Å². The van der Waals surface area contributed by atoms with Crippen molar-refractivity contribution in [2.75, 3.05) is 13.2 Å². The minimum atomic E-state index is -0.0350. The molecule has 0 spiro atoms. The van der Waals surface area contributed by atoms with Crippen LogP contribution in [0.15, 0.2) is 11.6 Å². The minimum Gasteiger partial charge on any atom is -0.381 e. The van der Waals surface area contributed by atoms with Gasteiger partial charge in [0.2, 0.25) is 5.91 Å². The molecule has 0 aromatic carbocycles. The van der Waals surface area contributed by atoms with Crippen molar-refractivity contribution in [3.05, 3.63) is 33.5 Å². The van der Waals surface area contributed by atoms with Crippen LogP contribution in [0.3, 0.4) is 0 Å². The van der Waals surface area contributed by atoms with Crippen LogP contribution in [0.25, 0.3) is 0 Å². The molecule has 1 aliphatic heterocycles. The molecule has 1 aliphatic rings. The van der Waals surface area contributed by atoms with Gasteiger partial charge in [0.15, 0.2) is 0 Å². The van der Waals surface area contributed by atoms with Crippen molar-refractivity contribution in [3.8, 4) is 0 Å². The van der Waals surface area contributed by atoms with Gasteiger partial charge in [0.05, 0.1) is 24.8 Å². The molecule has 2 aromatic rings. The highest BCUT2D eigenvalue weighted by Crippen LogP contribution is 2.22. The van der Waals surface area contributed by atoms with E-state index in [0.717, 1.165) is 28.4 Å². The van der Waals surface area contributed by atoms with Crippen molar-refractivity contribution in [1.82, 2.24) is 19.7 Å². The lowest BCUT2D eigenvalue weighted by molar-refractivity contribution is -0.136. The third-order valence-electron chi connectivity index (χ3n) is 4.41. The van der Waals surface area contributed by atoms with Crippen LogP contribution in [-0.2, 0) is 29.7 Å². The molecule has 0 saturated carbocycles. The Morgan fingerprint density at radius 3 is 2.87 bits per heavy atom. The van der Waals surface area contributed by atoms with E-state index >= 15 is 0 Å². The summed E-state index contributed by atoms with van der Waals surface area (Å²) in [5, 5.41) is 7.36. The Labute approximate surface area is 140 Å². The molecule has 7 heteroatoms.